The van der Waals surface area contributed by atoms with Crippen LogP contribution in [0, 0.1) is 0 Å². The Morgan fingerprint density at radius 1 is 1.26 bits per heavy atom. The third kappa shape index (κ3) is 3.32. The number of hydrogen-bond donors (Lipinski definition) is 2. The lowest BCUT2D eigenvalue weighted by Crippen LogP contribution is -2.33. The zero-order valence-electron chi connectivity index (χ0n) is 14.8. The topological polar surface area (TPSA) is 98.8 Å². The molecular weight excluding hydrogens is 342 g/mol. The number of ether oxygens (including phenoxy) is 1. The van der Waals surface area contributed by atoms with Gasteiger partial charge in [0.25, 0.3) is 0 Å². The number of aromatic nitrogens is 4. The summed E-state index contributed by atoms with van der Waals surface area (Å²) in [5.74, 6) is -0.419. The van der Waals surface area contributed by atoms with E-state index in [1.165, 1.54) is 7.11 Å². The normalized spacial score (nSPS) is 12.2. The number of esters is 1. The van der Waals surface area contributed by atoms with Crippen LogP contribution < -0.4 is 5.73 Å². The van der Waals surface area contributed by atoms with Gasteiger partial charge in [-0.05, 0) is 17.7 Å². The first-order valence-electron chi connectivity index (χ1n) is 8.57. The number of carbonyl (C=O) groups is 1. The molecule has 0 bridgehead atoms. The van der Waals surface area contributed by atoms with E-state index in [9.17, 15) is 4.79 Å². The number of hydrogen-bond acceptors (Lipinski definition) is 5. The SMILES string of the molecule is COC(=O)[C@@H](N)Cc1c[nH]c2cc(-n3cc(-c4ccccc4)nn3)ccc12. The first-order valence-corrected chi connectivity index (χ1v) is 8.57. The second-order valence-corrected chi connectivity index (χ2v) is 6.29. The summed E-state index contributed by atoms with van der Waals surface area (Å²) in [6.45, 7) is 0. The Labute approximate surface area is 155 Å². The molecule has 1 atom stereocenters. The summed E-state index contributed by atoms with van der Waals surface area (Å²) in [7, 11) is 1.34. The van der Waals surface area contributed by atoms with Crippen LogP contribution in [0.3, 0.4) is 0 Å². The molecule has 0 amide bonds. The molecule has 0 saturated carbocycles. The highest BCUT2D eigenvalue weighted by molar-refractivity contribution is 5.86. The molecule has 7 heteroatoms. The standard InChI is InChI=1S/C20H19N5O2/c1-27-20(26)17(21)9-14-11-22-18-10-15(7-8-16(14)18)25-12-19(23-24-25)13-5-3-2-4-6-13/h2-8,10-12,17,22H,9,21H2,1H3/t17-/m0/s1. The summed E-state index contributed by atoms with van der Waals surface area (Å²) < 4.78 is 6.43. The molecule has 2 aromatic carbocycles. The molecule has 3 N–H and O–H groups in total. The number of rotatable bonds is 5. The Bertz CT molecular complexity index is 1080. The first kappa shape index (κ1) is 17.0. The zero-order chi connectivity index (χ0) is 18.8. The second kappa shape index (κ2) is 7.05. The highest BCUT2D eigenvalue weighted by Gasteiger charge is 2.17. The number of nitrogens with two attached hydrogens (primary N) is 1. The Morgan fingerprint density at radius 2 is 2.07 bits per heavy atom. The summed E-state index contributed by atoms with van der Waals surface area (Å²) in [5, 5.41) is 9.50. The molecule has 0 spiro atoms. The van der Waals surface area contributed by atoms with Crippen LogP contribution >= 0.6 is 0 Å². The highest BCUT2D eigenvalue weighted by atomic mass is 16.5. The summed E-state index contributed by atoms with van der Waals surface area (Å²) in [4.78, 5) is 14.8. The van der Waals surface area contributed by atoms with E-state index >= 15 is 0 Å². The molecule has 136 valence electrons. The molecule has 4 rings (SSSR count). The van der Waals surface area contributed by atoms with Crippen molar-refractivity contribution in [2.45, 2.75) is 12.5 Å². The maximum absolute atomic E-state index is 11.6. The number of nitrogens with one attached hydrogen (secondary N) is 1. The lowest BCUT2D eigenvalue weighted by molar-refractivity contribution is -0.142. The molecule has 0 fully saturated rings. The Kier molecular flexibility index (Phi) is 4.43. The average molecular weight is 361 g/mol. The maximum Gasteiger partial charge on any atom is 0.322 e. The van der Waals surface area contributed by atoms with Crippen LogP contribution in [-0.2, 0) is 16.0 Å². The van der Waals surface area contributed by atoms with Gasteiger partial charge < -0.3 is 15.5 Å². The minimum absolute atomic E-state index is 0.410. The second-order valence-electron chi connectivity index (χ2n) is 6.29. The lowest BCUT2D eigenvalue weighted by Gasteiger charge is -2.08. The van der Waals surface area contributed by atoms with E-state index in [1.807, 2.05) is 60.9 Å². The Morgan fingerprint density at radius 3 is 2.85 bits per heavy atom. The van der Waals surface area contributed by atoms with Crippen molar-refractivity contribution in [1.82, 2.24) is 20.0 Å². The van der Waals surface area contributed by atoms with Crippen molar-refractivity contribution in [2.75, 3.05) is 7.11 Å². The van der Waals surface area contributed by atoms with E-state index in [-0.39, 0.29) is 0 Å². The number of H-pyrrole nitrogens is 1. The quantitative estimate of drug-likeness (QED) is 0.532. The fourth-order valence-corrected chi connectivity index (χ4v) is 3.09. The predicted molar refractivity (Wildman–Crippen MR) is 102 cm³/mol. The molecule has 0 aliphatic carbocycles. The molecule has 2 aromatic heterocycles. The number of nitrogens with zero attached hydrogens (tertiary/aromatic N) is 3. The van der Waals surface area contributed by atoms with Crippen LogP contribution in [-0.4, -0.2) is 39.1 Å². The highest BCUT2D eigenvalue weighted by Crippen LogP contribution is 2.23. The molecule has 7 nitrogen and oxygen atoms in total. The van der Waals surface area contributed by atoms with Crippen LogP contribution in [0.5, 0.6) is 0 Å². The van der Waals surface area contributed by atoms with E-state index in [1.54, 1.807) is 4.68 Å². The van der Waals surface area contributed by atoms with Crippen molar-refractivity contribution < 1.29 is 9.53 Å². The molecule has 0 unspecified atom stereocenters. The fourth-order valence-electron chi connectivity index (χ4n) is 3.09. The largest absolute Gasteiger partial charge is 0.468 e. The minimum atomic E-state index is -0.683. The first-order chi connectivity index (χ1) is 13.2. The van der Waals surface area contributed by atoms with E-state index < -0.39 is 12.0 Å². The molecule has 4 aromatic rings. The van der Waals surface area contributed by atoms with Crippen molar-refractivity contribution >= 4 is 16.9 Å². The van der Waals surface area contributed by atoms with Crippen molar-refractivity contribution in [1.29, 1.82) is 0 Å². The van der Waals surface area contributed by atoms with Gasteiger partial charge in [0.05, 0.1) is 19.0 Å². The molecule has 0 aliphatic heterocycles. The molecule has 0 saturated heterocycles. The van der Waals surface area contributed by atoms with Gasteiger partial charge in [0, 0.05) is 29.1 Å². The molecule has 27 heavy (non-hydrogen) atoms. The predicted octanol–water partition coefficient (Wildman–Crippen LogP) is 2.46. The van der Waals surface area contributed by atoms with Gasteiger partial charge in [-0.1, -0.05) is 41.6 Å². The van der Waals surface area contributed by atoms with Gasteiger partial charge in [0.2, 0.25) is 0 Å². The summed E-state index contributed by atoms with van der Waals surface area (Å²) in [6, 6.07) is 15.2. The monoisotopic (exact) mass is 361 g/mol. The van der Waals surface area contributed by atoms with Gasteiger partial charge in [-0.3, -0.25) is 4.79 Å². The lowest BCUT2D eigenvalue weighted by atomic mass is 10.1. The third-order valence-electron chi connectivity index (χ3n) is 4.52. The van der Waals surface area contributed by atoms with Gasteiger partial charge in [-0.15, -0.1) is 5.10 Å². The van der Waals surface area contributed by atoms with Gasteiger partial charge in [-0.25, -0.2) is 4.68 Å². The van der Waals surface area contributed by atoms with Crippen molar-refractivity contribution in [3.8, 4) is 16.9 Å². The van der Waals surface area contributed by atoms with Crippen LogP contribution in [0.1, 0.15) is 5.56 Å². The van der Waals surface area contributed by atoms with Crippen LogP contribution in [0.15, 0.2) is 60.9 Å². The summed E-state index contributed by atoms with van der Waals surface area (Å²) in [5.41, 5.74) is 10.5. The average Bonchev–Trinajstić information content (AvgIpc) is 3.35. The summed E-state index contributed by atoms with van der Waals surface area (Å²) in [6.07, 6.45) is 4.18. The fraction of sp³-hybridized carbons (Fsp3) is 0.150. The minimum Gasteiger partial charge on any atom is -0.468 e. The molecule has 2 heterocycles. The van der Waals surface area contributed by atoms with Crippen LogP contribution in [0.25, 0.3) is 27.8 Å². The summed E-state index contributed by atoms with van der Waals surface area (Å²) >= 11 is 0. The van der Waals surface area contributed by atoms with Gasteiger partial charge in [0.1, 0.15) is 11.7 Å². The molecule has 0 radical (unpaired) electrons. The van der Waals surface area contributed by atoms with E-state index in [2.05, 4.69) is 15.3 Å². The van der Waals surface area contributed by atoms with Crippen LogP contribution in [0.2, 0.25) is 0 Å². The Balaban J connectivity index is 1.62. The van der Waals surface area contributed by atoms with Crippen molar-refractivity contribution in [3.05, 3.63) is 66.5 Å². The zero-order valence-corrected chi connectivity index (χ0v) is 14.8. The number of aromatic amines is 1. The molecular formula is C20H19N5O2. The van der Waals surface area contributed by atoms with E-state index in [4.69, 9.17) is 10.5 Å². The number of benzene rings is 2. The van der Waals surface area contributed by atoms with Crippen molar-refractivity contribution in [2.24, 2.45) is 5.73 Å². The Hall–Kier alpha value is -3.45. The number of carbonyl (C=O) groups excluding carboxylic acids is 1. The van der Waals surface area contributed by atoms with E-state index in [0.29, 0.717) is 6.42 Å². The number of methoxy groups -OCH3 is 1. The van der Waals surface area contributed by atoms with Gasteiger partial charge >= 0.3 is 5.97 Å². The van der Waals surface area contributed by atoms with Crippen LogP contribution in [0.4, 0.5) is 0 Å². The molecule has 0 aliphatic rings. The van der Waals surface area contributed by atoms with E-state index in [0.717, 1.165) is 33.4 Å². The number of fused-ring (bicyclic) bond motifs is 1. The van der Waals surface area contributed by atoms with Gasteiger partial charge in [0.15, 0.2) is 0 Å². The third-order valence-corrected chi connectivity index (χ3v) is 4.52. The van der Waals surface area contributed by atoms with Gasteiger partial charge in [-0.2, -0.15) is 0 Å². The maximum atomic E-state index is 11.6. The van der Waals surface area contributed by atoms with Crippen molar-refractivity contribution in [3.63, 3.8) is 0 Å². The smallest absolute Gasteiger partial charge is 0.322 e.